The molecule has 3 N–H and O–H groups in total. The minimum Gasteiger partial charge on any atom is -0.393 e. The predicted octanol–water partition coefficient (Wildman–Crippen LogP) is 2.00. The molecule has 7 nitrogen and oxygen atoms in total. The fraction of sp³-hybridized carbons (Fsp3) is 0.450. The van der Waals surface area contributed by atoms with E-state index in [4.69, 9.17) is 11.6 Å². The Morgan fingerprint density at radius 1 is 1.29 bits per heavy atom. The molecule has 0 radical (unpaired) electrons. The Morgan fingerprint density at radius 2 is 2.07 bits per heavy atom. The number of carbonyl (C=O) groups is 2. The average molecular weight is 403 g/mol. The largest absolute Gasteiger partial charge is 0.393 e. The topological polar surface area (TPSA) is 96.3 Å². The molecule has 1 aromatic carbocycles. The molecule has 28 heavy (non-hydrogen) atoms. The fourth-order valence-electron chi connectivity index (χ4n) is 4.29. The lowest BCUT2D eigenvalue weighted by Crippen LogP contribution is -2.32. The quantitative estimate of drug-likeness (QED) is 0.712. The number of nitrogens with zero attached hydrogens (tertiary/aromatic N) is 2. The van der Waals surface area contributed by atoms with Gasteiger partial charge in [-0.1, -0.05) is 23.7 Å². The number of hydrogen-bond acceptors (Lipinski definition) is 4. The molecule has 0 bridgehead atoms. The minimum absolute atomic E-state index is 0.00970. The summed E-state index contributed by atoms with van der Waals surface area (Å²) < 4.78 is 1.56. The Morgan fingerprint density at radius 3 is 2.71 bits per heavy atom. The van der Waals surface area contributed by atoms with Gasteiger partial charge in [-0.15, -0.1) is 0 Å². The van der Waals surface area contributed by atoms with Crippen LogP contribution in [-0.4, -0.2) is 45.9 Å². The standard InChI is InChI=1S/C20H23ClN4O3/c1-10(11-4-3-5-12(21)8-11)25-15(9-14(24-25)19(27)22-2)20(28)23-18-13-6-7-16(26)17(13)18/h3-5,8-10,13,16-18,26H,6-7H2,1-2H3,(H,22,27)(H,23,28)/t10-,13-,16-,17-,18+/m0/s1. The molecule has 2 amide bonds. The van der Waals surface area contributed by atoms with Crippen LogP contribution in [0.15, 0.2) is 30.3 Å². The Labute approximate surface area is 168 Å². The van der Waals surface area contributed by atoms with Gasteiger partial charge in [-0.25, -0.2) is 0 Å². The summed E-state index contributed by atoms with van der Waals surface area (Å²) in [7, 11) is 1.52. The summed E-state index contributed by atoms with van der Waals surface area (Å²) in [5.74, 6) is -0.156. The van der Waals surface area contributed by atoms with Crippen LogP contribution in [0, 0.1) is 11.8 Å². The molecule has 1 aromatic heterocycles. The molecule has 0 spiro atoms. The first-order valence-corrected chi connectivity index (χ1v) is 9.84. The van der Waals surface area contributed by atoms with Crippen LogP contribution in [0.5, 0.6) is 0 Å². The molecular formula is C20H23ClN4O3. The number of benzene rings is 1. The van der Waals surface area contributed by atoms with Crippen LogP contribution in [0.1, 0.15) is 52.3 Å². The highest BCUT2D eigenvalue weighted by molar-refractivity contribution is 6.30. The molecule has 8 heteroatoms. The number of rotatable bonds is 5. The SMILES string of the molecule is CNC(=O)c1cc(C(=O)N[C@@H]2[C@H]3CC[C@H](O)[C@H]32)n([C@@H](C)c2cccc(Cl)c2)n1. The summed E-state index contributed by atoms with van der Waals surface area (Å²) in [5.41, 5.74) is 1.37. The van der Waals surface area contributed by atoms with Crippen molar-refractivity contribution in [3.05, 3.63) is 52.3 Å². The first-order valence-electron chi connectivity index (χ1n) is 9.46. The van der Waals surface area contributed by atoms with Crippen LogP contribution in [0.2, 0.25) is 5.02 Å². The van der Waals surface area contributed by atoms with Gasteiger partial charge in [-0.05, 0) is 43.4 Å². The van der Waals surface area contributed by atoms with E-state index in [1.54, 1.807) is 10.7 Å². The maximum atomic E-state index is 13.0. The van der Waals surface area contributed by atoms with Gasteiger partial charge in [0.05, 0.1) is 12.1 Å². The second kappa shape index (κ2) is 7.22. The van der Waals surface area contributed by atoms with Crippen molar-refractivity contribution in [3.63, 3.8) is 0 Å². The summed E-state index contributed by atoms with van der Waals surface area (Å²) in [6, 6.07) is 8.54. The zero-order valence-electron chi connectivity index (χ0n) is 15.7. The van der Waals surface area contributed by atoms with Gasteiger partial charge in [0.25, 0.3) is 11.8 Å². The number of halogens is 1. The first kappa shape index (κ1) is 19.0. The van der Waals surface area contributed by atoms with Crippen molar-refractivity contribution in [2.45, 2.75) is 38.0 Å². The van der Waals surface area contributed by atoms with Crippen LogP contribution in [0.3, 0.4) is 0 Å². The number of hydrogen-bond donors (Lipinski definition) is 3. The molecule has 148 valence electrons. The molecule has 2 aromatic rings. The lowest BCUT2D eigenvalue weighted by Gasteiger charge is -2.17. The summed E-state index contributed by atoms with van der Waals surface area (Å²) in [6.45, 7) is 1.90. The van der Waals surface area contributed by atoms with Crippen molar-refractivity contribution in [2.24, 2.45) is 11.8 Å². The summed E-state index contributed by atoms with van der Waals surface area (Å²) >= 11 is 6.11. The molecule has 0 unspecified atom stereocenters. The lowest BCUT2D eigenvalue weighted by atomic mass is 10.1. The minimum atomic E-state index is -0.357. The lowest BCUT2D eigenvalue weighted by molar-refractivity contribution is 0.0920. The van der Waals surface area contributed by atoms with Crippen LogP contribution in [0.25, 0.3) is 0 Å². The van der Waals surface area contributed by atoms with Crippen LogP contribution < -0.4 is 10.6 Å². The molecule has 2 aliphatic carbocycles. The third-order valence-corrected chi connectivity index (χ3v) is 6.13. The van der Waals surface area contributed by atoms with E-state index in [0.717, 1.165) is 18.4 Å². The third-order valence-electron chi connectivity index (χ3n) is 5.89. The van der Waals surface area contributed by atoms with E-state index in [2.05, 4.69) is 15.7 Å². The molecule has 1 heterocycles. The molecule has 4 rings (SSSR count). The zero-order valence-corrected chi connectivity index (χ0v) is 16.5. The molecule has 0 aliphatic heterocycles. The molecule has 0 saturated heterocycles. The van der Waals surface area contributed by atoms with Gasteiger partial charge in [0.2, 0.25) is 0 Å². The number of carbonyl (C=O) groups excluding carboxylic acids is 2. The Hall–Kier alpha value is -2.38. The highest BCUT2D eigenvalue weighted by atomic mass is 35.5. The van der Waals surface area contributed by atoms with E-state index >= 15 is 0 Å². The Balaban J connectivity index is 1.62. The van der Waals surface area contributed by atoms with Gasteiger partial charge in [-0.2, -0.15) is 5.10 Å². The van der Waals surface area contributed by atoms with Crippen molar-refractivity contribution in [3.8, 4) is 0 Å². The van der Waals surface area contributed by atoms with Gasteiger partial charge in [-0.3, -0.25) is 14.3 Å². The van der Waals surface area contributed by atoms with Crippen molar-refractivity contribution in [1.29, 1.82) is 0 Å². The second-order valence-corrected chi connectivity index (χ2v) is 7.99. The smallest absolute Gasteiger partial charge is 0.271 e. The van der Waals surface area contributed by atoms with E-state index in [1.807, 2.05) is 25.1 Å². The number of amides is 2. The van der Waals surface area contributed by atoms with Crippen molar-refractivity contribution in [2.75, 3.05) is 7.05 Å². The summed E-state index contributed by atoms with van der Waals surface area (Å²) in [5, 5.41) is 20.5. The highest BCUT2D eigenvalue weighted by Crippen LogP contribution is 2.52. The second-order valence-electron chi connectivity index (χ2n) is 7.55. The van der Waals surface area contributed by atoms with Gasteiger partial charge < -0.3 is 15.7 Å². The fourth-order valence-corrected chi connectivity index (χ4v) is 4.49. The number of fused-ring (bicyclic) bond motifs is 1. The van der Waals surface area contributed by atoms with Gasteiger partial charge in [0, 0.05) is 30.1 Å². The van der Waals surface area contributed by atoms with E-state index in [9.17, 15) is 14.7 Å². The molecule has 2 aliphatic rings. The van der Waals surface area contributed by atoms with Crippen molar-refractivity contribution in [1.82, 2.24) is 20.4 Å². The summed E-state index contributed by atoms with van der Waals surface area (Å²) in [4.78, 5) is 25.0. The van der Waals surface area contributed by atoms with Crippen molar-refractivity contribution >= 4 is 23.4 Å². The highest BCUT2D eigenvalue weighted by Gasteiger charge is 2.58. The van der Waals surface area contributed by atoms with E-state index < -0.39 is 0 Å². The first-order chi connectivity index (χ1) is 13.4. The summed E-state index contributed by atoms with van der Waals surface area (Å²) in [6.07, 6.45) is 1.39. The van der Waals surface area contributed by atoms with E-state index in [-0.39, 0.29) is 41.6 Å². The van der Waals surface area contributed by atoms with Gasteiger partial charge >= 0.3 is 0 Å². The molecule has 5 atom stereocenters. The Kier molecular flexibility index (Phi) is 4.89. The Bertz CT molecular complexity index is 928. The van der Waals surface area contributed by atoms with Crippen molar-refractivity contribution < 1.29 is 14.7 Å². The predicted molar refractivity (Wildman–Crippen MR) is 104 cm³/mol. The van der Waals surface area contributed by atoms with Crippen LogP contribution in [-0.2, 0) is 0 Å². The van der Waals surface area contributed by atoms with Gasteiger partial charge in [0.1, 0.15) is 5.69 Å². The maximum absolute atomic E-state index is 13.0. The molecular weight excluding hydrogens is 380 g/mol. The number of aromatic nitrogens is 2. The van der Waals surface area contributed by atoms with Crippen LogP contribution >= 0.6 is 11.6 Å². The average Bonchev–Trinajstić information content (AvgIpc) is 3.02. The van der Waals surface area contributed by atoms with E-state index in [1.165, 1.54) is 13.1 Å². The zero-order chi connectivity index (χ0) is 20.0. The maximum Gasteiger partial charge on any atom is 0.271 e. The number of nitrogens with one attached hydrogen (secondary N) is 2. The van der Waals surface area contributed by atoms with Gasteiger partial charge in [0.15, 0.2) is 5.69 Å². The molecule has 2 fully saturated rings. The molecule has 2 saturated carbocycles. The number of aliphatic hydroxyl groups is 1. The van der Waals surface area contributed by atoms with E-state index in [0.29, 0.717) is 16.6 Å². The van der Waals surface area contributed by atoms with Crippen LogP contribution in [0.4, 0.5) is 0 Å². The third kappa shape index (κ3) is 3.29. The normalized spacial score (nSPS) is 26.4. The monoisotopic (exact) mass is 402 g/mol. The number of aliphatic hydroxyl groups excluding tert-OH is 1.